The highest BCUT2D eigenvalue weighted by molar-refractivity contribution is 5.83. The quantitative estimate of drug-likeness (QED) is 0.118. The van der Waals surface area contributed by atoms with Crippen LogP contribution in [0.2, 0.25) is 0 Å². The molecule has 3 unspecified atom stereocenters. The average Bonchev–Trinajstić information content (AvgIpc) is 3.55. The predicted octanol–water partition coefficient (Wildman–Crippen LogP) is 4.27. The summed E-state index contributed by atoms with van der Waals surface area (Å²) in [7, 11) is 0. The van der Waals surface area contributed by atoms with Crippen LogP contribution in [0.4, 0.5) is 0 Å². The summed E-state index contributed by atoms with van der Waals surface area (Å²) < 4.78 is 18.2. The number of nitrogens with one attached hydrogen (secondary N) is 1. The molecule has 7 rings (SSSR count). The first-order valence-electron chi connectivity index (χ1n) is 15.7. The molecule has 0 saturated carbocycles. The van der Waals surface area contributed by atoms with E-state index in [-0.39, 0.29) is 42.8 Å². The molecule has 3 atom stereocenters. The van der Waals surface area contributed by atoms with Crippen LogP contribution in [0.3, 0.4) is 0 Å². The summed E-state index contributed by atoms with van der Waals surface area (Å²) in [5, 5.41) is 62.5. The molecule has 7 N–H and O–H groups in total. The number of aliphatic hydroxyl groups is 4. The Balaban J connectivity index is 1.33. The van der Waals surface area contributed by atoms with Gasteiger partial charge in [-0.1, -0.05) is 18.2 Å². The number of H-pyrrole nitrogens is 1. The summed E-state index contributed by atoms with van der Waals surface area (Å²) in [4.78, 5) is 3.24. The molecule has 0 saturated heterocycles. The van der Waals surface area contributed by atoms with E-state index in [1.807, 2.05) is 18.3 Å². The zero-order chi connectivity index (χ0) is 32.7. The van der Waals surface area contributed by atoms with Gasteiger partial charge >= 0.3 is 0 Å². The molecule has 10 nitrogen and oxygen atoms in total. The summed E-state index contributed by atoms with van der Waals surface area (Å²) in [5.41, 5.74) is 7.15. The summed E-state index contributed by atoms with van der Waals surface area (Å²) in [5.74, 6) is 1.12. The molecule has 0 spiro atoms. The normalized spacial score (nSPS) is 18.4. The van der Waals surface area contributed by atoms with Crippen molar-refractivity contribution in [2.75, 3.05) is 26.4 Å². The fraction of sp³-hybridized carbons (Fsp3) is 0.297. The van der Waals surface area contributed by atoms with Gasteiger partial charge in [0.2, 0.25) is 0 Å². The molecule has 10 heteroatoms. The van der Waals surface area contributed by atoms with Crippen molar-refractivity contribution in [2.24, 2.45) is 0 Å². The summed E-state index contributed by atoms with van der Waals surface area (Å²) in [6.07, 6.45) is 0.840. The Hall–Kier alpha value is -4.74. The van der Waals surface area contributed by atoms with Crippen molar-refractivity contribution in [3.05, 3.63) is 101 Å². The molecule has 2 heterocycles. The second-order valence-corrected chi connectivity index (χ2v) is 12.2. The van der Waals surface area contributed by atoms with Crippen LogP contribution in [-0.4, -0.2) is 74.3 Å². The van der Waals surface area contributed by atoms with E-state index < -0.39 is 31.5 Å². The molecule has 0 radical (unpaired) electrons. The second-order valence-electron chi connectivity index (χ2n) is 12.2. The largest absolute Gasteiger partial charge is 0.508 e. The first-order valence-corrected chi connectivity index (χ1v) is 15.7. The fourth-order valence-corrected chi connectivity index (χ4v) is 6.95. The third kappa shape index (κ3) is 5.85. The van der Waals surface area contributed by atoms with Crippen molar-refractivity contribution in [1.82, 2.24) is 4.98 Å². The molecule has 0 fully saturated rings. The van der Waals surface area contributed by atoms with Crippen LogP contribution >= 0.6 is 0 Å². The zero-order valence-corrected chi connectivity index (χ0v) is 25.6. The number of hydrogen-bond donors (Lipinski definition) is 7. The standard InChI is InChI=1S/C37H37NO9/c39-9-10-45-34-14-22(2-6-31(34)43)37-32(44)16-28-29-13-23(12-20-1-5-30-21(11-20)7-8-38-30)27-15-24(42)3-4-26(27)36(29)35(17-33(28)47-37)46-25(18-40)19-41/h1-8,11,14-15,17,23,25,32,37-44H,9-10,12-13,16,18-19H2. The van der Waals surface area contributed by atoms with Gasteiger partial charge in [0.1, 0.15) is 36.1 Å². The van der Waals surface area contributed by atoms with E-state index >= 15 is 0 Å². The van der Waals surface area contributed by atoms with Crippen molar-refractivity contribution in [1.29, 1.82) is 0 Å². The molecular formula is C37H37NO9. The highest BCUT2D eigenvalue weighted by Gasteiger charge is 2.38. The predicted molar refractivity (Wildman–Crippen MR) is 174 cm³/mol. The number of aliphatic hydroxyl groups excluding tert-OH is 4. The van der Waals surface area contributed by atoms with Gasteiger partial charge in [0.15, 0.2) is 11.5 Å². The van der Waals surface area contributed by atoms with Gasteiger partial charge in [-0.25, -0.2) is 0 Å². The molecule has 0 amide bonds. The molecule has 47 heavy (non-hydrogen) atoms. The number of aromatic amines is 1. The molecule has 1 aliphatic carbocycles. The van der Waals surface area contributed by atoms with Gasteiger partial charge in [0.05, 0.1) is 25.9 Å². The lowest BCUT2D eigenvalue weighted by atomic mass is 9.73. The Kier molecular flexibility index (Phi) is 8.42. The minimum Gasteiger partial charge on any atom is -0.508 e. The van der Waals surface area contributed by atoms with Crippen molar-refractivity contribution < 1.29 is 44.8 Å². The van der Waals surface area contributed by atoms with Gasteiger partial charge in [0, 0.05) is 35.3 Å². The van der Waals surface area contributed by atoms with Crippen molar-refractivity contribution in [3.63, 3.8) is 0 Å². The third-order valence-electron chi connectivity index (χ3n) is 9.15. The van der Waals surface area contributed by atoms with Gasteiger partial charge in [-0.15, -0.1) is 0 Å². The summed E-state index contributed by atoms with van der Waals surface area (Å²) in [6, 6.07) is 20.1. The molecule has 1 aromatic heterocycles. The third-order valence-corrected chi connectivity index (χ3v) is 9.15. The maximum absolute atomic E-state index is 11.5. The monoisotopic (exact) mass is 639 g/mol. The number of fused-ring (bicyclic) bond motifs is 6. The van der Waals surface area contributed by atoms with Crippen LogP contribution in [-0.2, 0) is 19.3 Å². The van der Waals surface area contributed by atoms with E-state index in [9.17, 15) is 30.6 Å². The van der Waals surface area contributed by atoms with E-state index in [1.54, 1.807) is 30.3 Å². The van der Waals surface area contributed by atoms with Crippen molar-refractivity contribution in [2.45, 2.75) is 43.5 Å². The van der Waals surface area contributed by atoms with Gasteiger partial charge in [-0.3, -0.25) is 0 Å². The topological polar surface area (TPSA) is 165 Å². The molecule has 4 aromatic carbocycles. The lowest BCUT2D eigenvalue weighted by molar-refractivity contribution is 0.0195. The molecule has 5 aromatic rings. The maximum Gasteiger partial charge on any atom is 0.161 e. The number of aromatic nitrogens is 1. The summed E-state index contributed by atoms with van der Waals surface area (Å²) in [6.45, 7) is -1.03. The van der Waals surface area contributed by atoms with E-state index in [0.29, 0.717) is 29.9 Å². The minimum atomic E-state index is -0.938. The SMILES string of the molecule is OCCOc1cc(C2Oc3cc(OC(CO)CO)c4c(c3CC2O)CC(Cc2ccc3[nH]ccc3c2)c2cc(O)ccc2-4)ccc1O. The van der Waals surface area contributed by atoms with Gasteiger partial charge in [-0.05, 0) is 94.4 Å². The number of ether oxygens (including phenoxy) is 3. The van der Waals surface area contributed by atoms with Crippen LogP contribution in [0, 0.1) is 0 Å². The lowest BCUT2D eigenvalue weighted by Crippen LogP contribution is -2.32. The number of aromatic hydroxyl groups is 2. The Bertz CT molecular complexity index is 1910. The number of benzene rings is 4. The Morgan fingerprint density at radius 3 is 2.53 bits per heavy atom. The second kappa shape index (κ2) is 12.8. The number of rotatable bonds is 10. The minimum absolute atomic E-state index is 0.00287. The highest BCUT2D eigenvalue weighted by Crippen LogP contribution is 2.52. The zero-order valence-electron chi connectivity index (χ0n) is 25.6. The lowest BCUT2D eigenvalue weighted by Gasteiger charge is -2.37. The highest BCUT2D eigenvalue weighted by atomic mass is 16.5. The molecule has 244 valence electrons. The first-order chi connectivity index (χ1) is 22.9. The average molecular weight is 640 g/mol. The Morgan fingerprint density at radius 1 is 0.872 bits per heavy atom. The Labute approximate surface area is 271 Å². The van der Waals surface area contributed by atoms with Crippen LogP contribution < -0.4 is 14.2 Å². The molecular weight excluding hydrogens is 602 g/mol. The van der Waals surface area contributed by atoms with Crippen molar-refractivity contribution >= 4 is 10.9 Å². The van der Waals surface area contributed by atoms with Crippen LogP contribution in [0.15, 0.2) is 72.9 Å². The Morgan fingerprint density at radius 2 is 1.72 bits per heavy atom. The van der Waals surface area contributed by atoms with Gasteiger partial charge < -0.3 is 49.8 Å². The van der Waals surface area contributed by atoms with E-state index in [2.05, 4.69) is 23.2 Å². The molecule has 0 bridgehead atoms. The van der Waals surface area contributed by atoms with Crippen LogP contribution in [0.1, 0.15) is 39.8 Å². The number of phenols is 2. The van der Waals surface area contributed by atoms with E-state index in [0.717, 1.165) is 44.3 Å². The van der Waals surface area contributed by atoms with E-state index in [4.69, 9.17) is 14.2 Å². The summed E-state index contributed by atoms with van der Waals surface area (Å²) >= 11 is 0. The fourth-order valence-electron chi connectivity index (χ4n) is 6.95. The molecule has 2 aliphatic rings. The molecule has 1 aliphatic heterocycles. The number of phenolic OH excluding ortho intramolecular Hbond substituents is 2. The van der Waals surface area contributed by atoms with Crippen molar-refractivity contribution in [3.8, 4) is 39.9 Å². The van der Waals surface area contributed by atoms with Crippen LogP contribution in [0.5, 0.6) is 28.7 Å². The van der Waals surface area contributed by atoms with Crippen LogP contribution in [0.25, 0.3) is 22.0 Å². The first kappa shape index (κ1) is 30.9. The number of hydrogen-bond acceptors (Lipinski definition) is 9. The smallest absolute Gasteiger partial charge is 0.161 e. The maximum atomic E-state index is 11.5. The van der Waals surface area contributed by atoms with Gasteiger partial charge in [0.25, 0.3) is 0 Å². The van der Waals surface area contributed by atoms with Gasteiger partial charge in [-0.2, -0.15) is 0 Å². The van der Waals surface area contributed by atoms with E-state index in [1.165, 1.54) is 6.07 Å².